The van der Waals surface area contributed by atoms with Crippen LogP contribution in [0.15, 0.2) is 47.4 Å². The van der Waals surface area contributed by atoms with E-state index in [4.69, 9.17) is 10.2 Å². The second-order valence-electron chi connectivity index (χ2n) is 4.11. The topological polar surface area (TPSA) is 44.1 Å². The smallest absolute Gasteiger partial charge is 0.0980 e. The lowest BCUT2D eigenvalue weighted by Crippen LogP contribution is -1.90. The molecule has 0 atom stereocenters. The van der Waals surface area contributed by atoms with Crippen molar-refractivity contribution < 1.29 is 4.42 Å². The number of rotatable bonds is 2. The standard InChI is InChI=1S/C14H14N2O/c1-2-16-8-13(15)12-7-10(3-4-14(12)16)11-5-6-17-9-11/h3-9H,2,15H2,1H3. The zero-order valence-electron chi connectivity index (χ0n) is 9.68. The minimum absolute atomic E-state index is 0.826. The lowest BCUT2D eigenvalue weighted by atomic mass is 10.1. The van der Waals surface area contributed by atoms with Crippen LogP contribution in [0.2, 0.25) is 0 Å². The van der Waals surface area contributed by atoms with Gasteiger partial charge in [0.25, 0.3) is 0 Å². The van der Waals surface area contributed by atoms with Gasteiger partial charge in [-0.25, -0.2) is 0 Å². The number of hydrogen-bond acceptors (Lipinski definition) is 2. The zero-order valence-corrected chi connectivity index (χ0v) is 9.68. The van der Waals surface area contributed by atoms with Gasteiger partial charge in [0.15, 0.2) is 0 Å². The van der Waals surface area contributed by atoms with Crippen LogP contribution in [0.3, 0.4) is 0 Å². The van der Waals surface area contributed by atoms with Crippen molar-refractivity contribution in [2.45, 2.75) is 13.5 Å². The van der Waals surface area contributed by atoms with E-state index in [0.717, 1.165) is 28.7 Å². The summed E-state index contributed by atoms with van der Waals surface area (Å²) in [6.45, 7) is 3.04. The van der Waals surface area contributed by atoms with Crippen LogP contribution in [0, 0.1) is 0 Å². The van der Waals surface area contributed by atoms with E-state index in [1.807, 2.05) is 12.3 Å². The third-order valence-corrected chi connectivity index (χ3v) is 3.11. The summed E-state index contributed by atoms with van der Waals surface area (Å²) in [5.74, 6) is 0. The first kappa shape index (κ1) is 10.0. The average Bonchev–Trinajstić information content (AvgIpc) is 2.97. The first-order valence-corrected chi connectivity index (χ1v) is 5.70. The molecule has 2 aromatic heterocycles. The zero-order chi connectivity index (χ0) is 11.8. The quantitative estimate of drug-likeness (QED) is 0.726. The van der Waals surface area contributed by atoms with Gasteiger partial charge in [-0.1, -0.05) is 6.07 Å². The summed E-state index contributed by atoms with van der Waals surface area (Å²) in [4.78, 5) is 0. The van der Waals surface area contributed by atoms with Crippen LogP contribution < -0.4 is 5.73 Å². The van der Waals surface area contributed by atoms with Gasteiger partial charge in [0.1, 0.15) is 0 Å². The van der Waals surface area contributed by atoms with E-state index in [0.29, 0.717) is 0 Å². The van der Waals surface area contributed by atoms with Gasteiger partial charge < -0.3 is 14.7 Å². The highest BCUT2D eigenvalue weighted by molar-refractivity contribution is 5.94. The summed E-state index contributed by atoms with van der Waals surface area (Å²) in [7, 11) is 0. The van der Waals surface area contributed by atoms with Gasteiger partial charge in [-0.15, -0.1) is 0 Å². The van der Waals surface area contributed by atoms with Crippen LogP contribution in [0.5, 0.6) is 0 Å². The number of hydrogen-bond donors (Lipinski definition) is 1. The third-order valence-electron chi connectivity index (χ3n) is 3.11. The Morgan fingerprint density at radius 2 is 2.12 bits per heavy atom. The van der Waals surface area contributed by atoms with E-state index in [9.17, 15) is 0 Å². The van der Waals surface area contributed by atoms with Crippen LogP contribution in [0.4, 0.5) is 5.69 Å². The van der Waals surface area contributed by atoms with E-state index in [-0.39, 0.29) is 0 Å². The Balaban J connectivity index is 2.23. The lowest BCUT2D eigenvalue weighted by Gasteiger charge is -2.01. The molecule has 2 heterocycles. The Morgan fingerprint density at radius 1 is 1.24 bits per heavy atom. The summed E-state index contributed by atoms with van der Waals surface area (Å²) < 4.78 is 7.26. The number of aromatic nitrogens is 1. The van der Waals surface area contributed by atoms with Crippen molar-refractivity contribution in [2.75, 3.05) is 5.73 Å². The van der Waals surface area contributed by atoms with E-state index in [1.165, 1.54) is 5.52 Å². The molecular weight excluding hydrogens is 212 g/mol. The van der Waals surface area contributed by atoms with Gasteiger partial charge in [0.2, 0.25) is 0 Å². The number of furan rings is 1. The lowest BCUT2D eigenvalue weighted by molar-refractivity contribution is 0.568. The summed E-state index contributed by atoms with van der Waals surface area (Å²) >= 11 is 0. The maximum absolute atomic E-state index is 6.03. The molecule has 3 rings (SSSR count). The molecule has 3 heteroatoms. The van der Waals surface area contributed by atoms with Crippen LogP contribution in [0.1, 0.15) is 6.92 Å². The second-order valence-corrected chi connectivity index (χ2v) is 4.11. The first-order chi connectivity index (χ1) is 8.29. The SMILES string of the molecule is CCn1cc(N)c2cc(-c3ccoc3)ccc21. The van der Waals surface area contributed by atoms with Crippen molar-refractivity contribution >= 4 is 16.6 Å². The Morgan fingerprint density at radius 3 is 2.82 bits per heavy atom. The fourth-order valence-electron chi connectivity index (χ4n) is 2.19. The fraction of sp³-hybridized carbons (Fsp3) is 0.143. The minimum Gasteiger partial charge on any atom is -0.472 e. The molecule has 0 amide bonds. The molecule has 3 aromatic rings. The first-order valence-electron chi connectivity index (χ1n) is 5.70. The van der Waals surface area contributed by atoms with Crippen molar-refractivity contribution in [2.24, 2.45) is 0 Å². The fourth-order valence-corrected chi connectivity index (χ4v) is 2.19. The largest absolute Gasteiger partial charge is 0.472 e. The van der Waals surface area contributed by atoms with E-state index in [2.05, 4.69) is 29.7 Å². The number of fused-ring (bicyclic) bond motifs is 1. The number of nitrogen functional groups attached to an aromatic ring is 1. The molecule has 1 aromatic carbocycles. The maximum Gasteiger partial charge on any atom is 0.0980 e. The van der Waals surface area contributed by atoms with E-state index < -0.39 is 0 Å². The molecule has 3 nitrogen and oxygen atoms in total. The normalized spacial score (nSPS) is 11.1. The van der Waals surface area contributed by atoms with Gasteiger partial charge >= 0.3 is 0 Å². The van der Waals surface area contributed by atoms with Crippen molar-refractivity contribution in [1.29, 1.82) is 0 Å². The second kappa shape index (κ2) is 3.70. The number of benzene rings is 1. The third kappa shape index (κ3) is 1.51. The summed E-state index contributed by atoms with van der Waals surface area (Å²) in [6.07, 6.45) is 5.41. The van der Waals surface area contributed by atoms with Crippen molar-refractivity contribution in [1.82, 2.24) is 4.57 Å². The Bertz CT molecular complexity index is 650. The molecule has 0 spiro atoms. The van der Waals surface area contributed by atoms with Crippen molar-refractivity contribution in [3.63, 3.8) is 0 Å². The molecular formula is C14H14N2O. The van der Waals surface area contributed by atoms with Crippen LogP contribution in [-0.4, -0.2) is 4.57 Å². The Hall–Kier alpha value is -2.16. The van der Waals surface area contributed by atoms with Gasteiger partial charge in [0.05, 0.1) is 23.7 Å². The highest BCUT2D eigenvalue weighted by Crippen LogP contribution is 2.29. The molecule has 0 fully saturated rings. The molecule has 0 saturated carbocycles. The van der Waals surface area contributed by atoms with E-state index >= 15 is 0 Å². The average molecular weight is 226 g/mol. The molecule has 17 heavy (non-hydrogen) atoms. The maximum atomic E-state index is 6.03. The predicted octanol–water partition coefficient (Wildman–Crippen LogP) is 3.50. The predicted molar refractivity (Wildman–Crippen MR) is 69.7 cm³/mol. The monoisotopic (exact) mass is 226 g/mol. The van der Waals surface area contributed by atoms with E-state index in [1.54, 1.807) is 12.5 Å². The van der Waals surface area contributed by atoms with Crippen LogP contribution in [0.25, 0.3) is 22.0 Å². The highest BCUT2D eigenvalue weighted by atomic mass is 16.3. The summed E-state index contributed by atoms with van der Waals surface area (Å²) in [5, 5.41) is 1.10. The van der Waals surface area contributed by atoms with Crippen molar-refractivity contribution in [3.8, 4) is 11.1 Å². The number of nitrogens with zero attached hydrogens (tertiary/aromatic N) is 1. The highest BCUT2D eigenvalue weighted by Gasteiger charge is 2.07. The summed E-state index contributed by atoms with van der Waals surface area (Å²) in [6, 6.07) is 8.27. The van der Waals surface area contributed by atoms with Crippen LogP contribution in [-0.2, 0) is 6.54 Å². The molecule has 0 aliphatic carbocycles. The minimum atomic E-state index is 0.826. The molecule has 0 unspecified atom stereocenters. The molecule has 0 aliphatic rings. The number of nitrogens with two attached hydrogens (primary N) is 1. The Labute approximate surface area is 99.5 Å². The molecule has 86 valence electrons. The Kier molecular flexibility index (Phi) is 2.18. The molecule has 0 saturated heterocycles. The molecule has 0 radical (unpaired) electrons. The number of anilines is 1. The van der Waals surface area contributed by atoms with Gasteiger partial charge in [-0.05, 0) is 30.7 Å². The number of aryl methyl sites for hydroxylation is 1. The van der Waals surface area contributed by atoms with Crippen LogP contribution >= 0.6 is 0 Å². The molecule has 0 bridgehead atoms. The van der Waals surface area contributed by atoms with Gasteiger partial charge in [-0.3, -0.25) is 0 Å². The molecule has 2 N–H and O–H groups in total. The molecule has 0 aliphatic heterocycles. The summed E-state index contributed by atoms with van der Waals surface area (Å²) in [5.41, 5.74) is 10.2. The van der Waals surface area contributed by atoms with Gasteiger partial charge in [0, 0.05) is 23.7 Å². The van der Waals surface area contributed by atoms with Crippen molar-refractivity contribution in [3.05, 3.63) is 43.0 Å². The van der Waals surface area contributed by atoms with Gasteiger partial charge in [-0.2, -0.15) is 0 Å².